The highest BCUT2D eigenvalue weighted by Crippen LogP contribution is 2.14. The fraction of sp³-hybridized carbons (Fsp3) is 0.571. The molecule has 3 nitrogen and oxygen atoms in total. The van der Waals surface area contributed by atoms with Crippen molar-refractivity contribution in [2.45, 2.75) is 26.8 Å². The number of ether oxygens (including phenoxy) is 1. The highest BCUT2D eigenvalue weighted by molar-refractivity contribution is 5.47. The molecular formula is C14H24N2O. The molecule has 0 fully saturated rings. The van der Waals surface area contributed by atoms with Crippen molar-refractivity contribution in [3.8, 4) is 0 Å². The standard InChI is InChI=1S/C14H24N2O/c1-3-10-17-11-9-16(4-2)14-7-5-13(12-15)6-8-14/h5-8H,3-4,9-12,15H2,1-2H3. The van der Waals surface area contributed by atoms with E-state index in [1.165, 1.54) is 11.3 Å². The molecular weight excluding hydrogens is 212 g/mol. The molecule has 0 radical (unpaired) electrons. The fourth-order valence-corrected chi connectivity index (χ4v) is 1.73. The molecule has 0 bridgehead atoms. The normalized spacial score (nSPS) is 10.5. The molecule has 0 amide bonds. The van der Waals surface area contributed by atoms with Crippen molar-refractivity contribution < 1.29 is 4.74 Å². The summed E-state index contributed by atoms with van der Waals surface area (Å²) in [6.07, 6.45) is 1.08. The summed E-state index contributed by atoms with van der Waals surface area (Å²) < 4.78 is 5.52. The van der Waals surface area contributed by atoms with Gasteiger partial charge in [0.15, 0.2) is 0 Å². The zero-order chi connectivity index (χ0) is 12.5. The lowest BCUT2D eigenvalue weighted by Crippen LogP contribution is -2.27. The van der Waals surface area contributed by atoms with E-state index in [0.29, 0.717) is 6.54 Å². The van der Waals surface area contributed by atoms with Crippen molar-refractivity contribution in [2.24, 2.45) is 5.73 Å². The average molecular weight is 236 g/mol. The Bertz CT molecular complexity index is 298. The first-order chi connectivity index (χ1) is 8.31. The van der Waals surface area contributed by atoms with Crippen LogP contribution in [-0.2, 0) is 11.3 Å². The van der Waals surface area contributed by atoms with Gasteiger partial charge in [-0.3, -0.25) is 0 Å². The van der Waals surface area contributed by atoms with E-state index < -0.39 is 0 Å². The van der Waals surface area contributed by atoms with Gasteiger partial charge in [0.25, 0.3) is 0 Å². The molecule has 0 aliphatic rings. The summed E-state index contributed by atoms with van der Waals surface area (Å²) in [5.41, 5.74) is 8.00. The van der Waals surface area contributed by atoms with Crippen LogP contribution in [0.3, 0.4) is 0 Å². The van der Waals surface area contributed by atoms with Crippen molar-refractivity contribution in [3.05, 3.63) is 29.8 Å². The highest BCUT2D eigenvalue weighted by atomic mass is 16.5. The van der Waals surface area contributed by atoms with Crippen molar-refractivity contribution in [3.63, 3.8) is 0 Å². The average Bonchev–Trinajstić information content (AvgIpc) is 2.39. The summed E-state index contributed by atoms with van der Waals surface area (Å²) in [7, 11) is 0. The summed E-state index contributed by atoms with van der Waals surface area (Å²) in [4.78, 5) is 2.32. The van der Waals surface area contributed by atoms with Gasteiger partial charge in [0.2, 0.25) is 0 Å². The van der Waals surface area contributed by atoms with Crippen LogP contribution in [0.15, 0.2) is 24.3 Å². The molecule has 3 heteroatoms. The first-order valence-corrected chi connectivity index (χ1v) is 6.43. The van der Waals surface area contributed by atoms with Gasteiger partial charge in [-0.25, -0.2) is 0 Å². The summed E-state index contributed by atoms with van der Waals surface area (Å²) in [6, 6.07) is 8.44. The van der Waals surface area contributed by atoms with E-state index >= 15 is 0 Å². The molecule has 0 unspecified atom stereocenters. The first kappa shape index (κ1) is 14.0. The predicted octanol–water partition coefficient (Wildman–Crippen LogP) is 2.40. The quantitative estimate of drug-likeness (QED) is 0.704. The van der Waals surface area contributed by atoms with Gasteiger partial charge in [-0.15, -0.1) is 0 Å². The van der Waals surface area contributed by atoms with Gasteiger partial charge in [-0.2, -0.15) is 0 Å². The predicted molar refractivity (Wildman–Crippen MR) is 73.3 cm³/mol. The maximum atomic E-state index is 5.59. The zero-order valence-corrected chi connectivity index (χ0v) is 11.0. The van der Waals surface area contributed by atoms with Crippen molar-refractivity contribution in [1.29, 1.82) is 0 Å². The Hall–Kier alpha value is -1.06. The van der Waals surface area contributed by atoms with Crippen molar-refractivity contribution in [2.75, 3.05) is 31.2 Å². The second-order valence-electron chi connectivity index (χ2n) is 4.06. The third-order valence-corrected chi connectivity index (χ3v) is 2.77. The molecule has 96 valence electrons. The molecule has 1 rings (SSSR count). The van der Waals surface area contributed by atoms with E-state index in [9.17, 15) is 0 Å². The van der Waals surface area contributed by atoms with E-state index in [2.05, 4.69) is 43.0 Å². The van der Waals surface area contributed by atoms with E-state index in [1.807, 2.05) is 0 Å². The second-order valence-corrected chi connectivity index (χ2v) is 4.06. The Kier molecular flexibility index (Phi) is 6.67. The minimum absolute atomic E-state index is 0.603. The summed E-state index contributed by atoms with van der Waals surface area (Å²) in [5.74, 6) is 0. The number of rotatable bonds is 8. The molecule has 0 saturated heterocycles. The molecule has 0 heterocycles. The van der Waals surface area contributed by atoms with Gasteiger partial charge >= 0.3 is 0 Å². The van der Waals surface area contributed by atoms with Crippen LogP contribution in [0.1, 0.15) is 25.8 Å². The van der Waals surface area contributed by atoms with E-state index in [-0.39, 0.29) is 0 Å². The third kappa shape index (κ3) is 4.75. The van der Waals surface area contributed by atoms with Crippen molar-refractivity contribution >= 4 is 5.69 Å². The fourth-order valence-electron chi connectivity index (χ4n) is 1.73. The number of hydrogen-bond acceptors (Lipinski definition) is 3. The number of anilines is 1. The lowest BCUT2D eigenvalue weighted by molar-refractivity contribution is 0.141. The van der Waals surface area contributed by atoms with Gasteiger partial charge in [0.1, 0.15) is 0 Å². The van der Waals surface area contributed by atoms with Crippen LogP contribution in [0.5, 0.6) is 0 Å². The molecule has 0 aliphatic heterocycles. The first-order valence-electron chi connectivity index (χ1n) is 6.43. The summed E-state index contributed by atoms with van der Waals surface area (Å²) in [5, 5.41) is 0. The molecule has 1 aromatic carbocycles. The van der Waals surface area contributed by atoms with E-state index in [1.54, 1.807) is 0 Å². The smallest absolute Gasteiger partial charge is 0.0641 e. The third-order valence-electron chi connectivity index (χ3n) is 2.77. The summed E-state index contributed by atoms with van der Waals surface area (Å²) in [6.45, 7) is 8.48. The Morgan fingerprint density at radius 3 is 2.35 bits per heavy atom. The van der Waals surface area contributed by atoms with Crippen LogP contribution in [0, 0.1) is 0 Å². The van der Waals surface area contributed by atoms with Crippen molar-refractivity contribution in [1.82, 2.24) is 0 Å². The molecule has 17 heavy (non-hydrogen) atoms. The zero-order valence-electron chi connectivity index (χ0n) is 11.0. The Morgan fingerprint density at radius 1 is 1.12 bits per heavy atom. The topological polar surface area (TPSA) is 38.5 Å². The van der Waals surface area contributed by atoms with Gasteiger partial charge in [0, 0.05) is 31.9 Å². The van der Waals surface area contributed by atoms with Crippen LogP contribution in [0.2, 0.25) is 0 Å². The summed E-state index contributed by atoms with van der Waals surface area (Å²) >= 11 is 0. The minimum Gasteiger partial charge on any atom is -0.380 e. The van der Waals surface area contributed by atoms with Crippen LogP contribution in [0.4, 0.5) is 5.69 Å². The van der Waals surface area contributed by atoms with E-state index in [0.717, 1.165) is 32.7 Å². The Labute approximate surface area is 105 Å². The minimum atomic E-state index is 0.603. The monoisotopic (exact) mass is 236 g/mol. The SMILES string of the molecule is CCCOCCN(CC)c1ccc(CN)cc1. The number of nitrogens with two attached hydrogens (primary N) is 1. The van der Waals surface area contributed by atoms with Gasteiger partial charge in [-0.1, -0.05) is 19.1 Å². The Balaban J connectivity index is 2.47. The number of hydrogen-bond donors (Lipinski definition) is 1. The number of nitrogens with zero attached hydrogens (tertiary/aromatic N) is 1. The molecule has 0 aromatic heterocycles. The lowest BCUT2D eigenvalue weighted by Gasteiger charge is -2.23. The lowest BCUT2D eigenvalue weighted by atomic mass is 10.2. The molecule has 0 spiro atoms. The van der Waals surface area contributed by atoms with Crippen LogP contribution in [0.25, 0.3) is 0 Å². The van der Waals surface area contributed by atoms with Crippen LogP contribution < -0.4 is 10.6 Å². The van der Waals surface area contributed by atoms with Crippen LogP contribution in [-0.4, -0.2) is 26.3 Å². The molecule has 0 aliphatic carbocycles. The largest absolute Gasteiger partial charge is 0.380 e. The maximum Gasteiger partial charge on any atom is 0.0641 e. The molecule has 1 aromatic rings. The van der Waals surface area contributed by atoms with Gasteiger partial charge < -0.3 is 15.4 Å². The highest BCUT2D eigenvalue weighted by Gasteiger charge is 2.03. The Morgan fingerprint density at radius 2 is 1.82 bits per heavy atom. The van der Waals surface area contributed by atoms with E-state index in [4.69, 9.17) is 10.5 Å². The maximum absolute atomic E-state index is 5.59. The molecule has 0 atom stereocenters. The van der Waals surface area contributed by atoms with Gasteiger partial charge in [-0.05, 0) is 31.0 Å². The molecule has 0 saturated carbocycles. The second kappa shape index (κ2) is 8.09. The van der Waals surface area contributed by atoms with Gasteiger partial charge in [0.05, 0.1) is 6.61 Å². The number of likely N-dealkylation sites (N-methyl/N-ethyl adjacent to an activating group) is 1. The number of benzene rings is 1. The molecule has 2 N–H and O–H groups in total. The van der Waals surface area contributed by atoms with Crippen LogP contribution >= 0.6 is 0 Å².